The van der Waals surface area contributed by atoms with E-state index in [-0.39, 0.29) is 5.78 Å². The summed E-state index contributed by atoms with van der Waals surface area (Å²) in [7, 11) is 0. The highest BCUT2D eigenvalue weighted by molar-refractivity contribution is 9.10. The average Bonchev–Trinajstić information content (AvgIpc) is 2.30. The van der Waals surface area contributed by atoms with Gasteiger partial charge in [0.05, 0.1) is 0 Å². The summed E-state index contributed by atoms with van der Waals surface area (Å²) < 4.78 is 27.3. The summed E-state index contributed by atoms with van der Waals surface area (Å²) in [5.41, 5.74) is 1.19. The number of Topliss-reactive ketones (excluding diaryl/α,β-unsaturated/α-hetero) is 1. The van der Waals surface area contributed by atoms with Gasteiger partial charge in [-0.1, -0.05) is 34.1 Å². The Balaban J connectivity index is 2.54. The summed E-state index contributed by atoms with van der Waals surface area (Å²) in [5, 5.41) is 0. The van der Waals surface area contributed by atoms with Gasteiger partial charge in [-0.05, 0) is 30.7 Å². The standard InChI is InChI=1S/C14H9BrF2O/c1-8(18)9-2-4-12(14(17)6-9)11-5-3-10(16)7-13(11)15/h2-7H,1H3. The largest absolute Gasteiger partial charge is 0.295 e. The van der Waals surface area contributed by atoms with E-state index in [1.807, 2.05) is 0 Å². The van der Waals surface area contributed by atoms with Crippen LogP contribution in [0, 0.1) is 11.6 Å². The highest BCUT2D eigenvalue weighted by atomic mass is 79.9. The molecule has 1 nitrogen and oxygen atoms in total. The van der Waals surface area contributed by atoms with E-state index < -0.39 is 11.6 Å². The maximum absolute atomic E-state index is 13.9. The van der Waals surface area contributed by atoms with Crippen molar-refractivity contribution in [2.24, 2.45) is 0 Å². The zero-order chi connectivity index (χ0) is 13.3. The molecule has 0 saturated carbocycles. The molecule has 2 aromatic carbocycles. The molecule has 0 saturated heterocycles. The van der Waals surface area contributed by atoms with Crippen LogP contribution < -0.4 is 0 Å². The highest BCUT2D eigenvalue weighted by Crippen LogP contribution is 2.31. The molecule has 0 aromatic heterocycles. The molecule has 0 aliphatic rings. The Morgan fingerprint density at radius 2 is 1.72 bits per heavy atom. The van der Waals surface area contributed by atoms with Crippen LogP contribution in [0.2, 0.25) is 0 Å². The number of carbonyl (C=O) groups excluding carboxylic acids is 1. The average molecular weight is 311 g/mol. The molecule has 0 spiro atoms. The molecular weight excluding hydrogens is 302 g/mol. The molecule has 0 bridgehead atoms. The van der Waals surface area contributed by atoms with Crippen LogP contribution in [0.5, 0.6) is 0 Å². The molecule has 0 atom stereocenters. The van der Waals surface area contributed by atoms with Gasteiger partial charge in [-0.2, -0.15) is 0 Å². The van der Waals surface area contributed by atoms with Gasteiger partial charge in [0.15, 0.2) is 5.78 Å². The molecule has 2 rings (SSSR count). The van der Waals surface area contributed by atoms with E-state index in [1.165, 1.54) is 37.3 Å². The Morgan fingerprint density at radius 1 is 1.06 bits per heavy atom. The van der Waals surface area contributed by atoms with E-state index in [9.17, 15) is 13.6 Å². The number of ketones is 1. The van der Waals surface area contributed by atoms with Gasteiger partial charge >= 0.3 is 0 Å². The van der Waals surface area contributed by atoms with Crippen molar-refractivity contribution in [1.82, 2.24) is 0 Å². The molecule has 0 aliphatic carbocycles. The number of benzene rings is 2. The lowest BCUT2D eigenvalue weighted by Crippen LogP contribution is -1.95. The Kier molecular flexibility index (Phi) is 3.57. The first-order chi connectivity index (χ1) is 8.49. The summed E-state index contributed by atoms with van der Waals surface area (Å²) in [4.78, 5) is 11.1. The molecule has 0 aliphatic heterocycles. The van der Waals surface area contributed by atoms with Gasteiger partial charge in [-0.25, -0.2) is 8.78 Å². The van der Waals surface area contributed by atoms with Crippen molar-refractivity contribution < 1.29 is 13.6 Å². The second-order valence-corrected chi connectivity index (χ2v) is 4.73. The smallest absolute Gasteiger partial charge is 0.159 e. The third kappa shape index (κ3) is 2.48. The molecule has 0 radical (unpaired) electrons. The predicted molar refractivity (Wildman–Crippen MR) is 69.5 cm³/mol. The molecular formula is C14H9BrF2O. The predicted octanol–water partition coefficient (Wildman–Crippen LogP) is 4.60. The monoisotopic (exact) mass is 310 g/mol. The number of carbonyl (C=O) groups is 1. The Bertz CT molecular complexity index is 623. The second-order valence-electron chi connectivity index (χ2n) is 3.87. The van der Waals surface area contributed by atoms with E-state index >= 15 is 0 Å². The fraction of sp³-hybridized carbons (Fsp3) is 0.0714. The lowest BCUT2D eigenvalue weighted by Gasteiger charge is -2.07. The van der Waals surface area contributed by atoms with E-state index in [2.05, 4.69) is 15.9 Å². The number of halogens is 3. The van der Waals surface area contributed by atoms with Crippen molar-refractivity contribution in [1.29, 1.82) is 0 Å². The topological polar surface area (TPSA) is 17.1 Å². The van der Waals surface area contributed by atoms with E-state index in [4.69, 9.17) is 0 Å². The minimum absolute atomic E-state index is 0.196. The quantitative estimate of drug-likeness (QED) is 0.741. The molecule has 2 aromatic rings. The Hall–Kier alpha value is -1.55. The van der Waals surface area contributed by atoms with Crippen molar-refractivity contribution in [2.75, 3.05) is 0 Å². The van der Waals surface area contributed by atoms with Crippen LogP contribution >= 0.6 is 15.9 Å². The molecule has 0 unspecified atom stereocenters. The summed E-state index contributed by atoms with van der Waals surface area (Å²) in [5.74, 6) is -1.10. The number of hydrogen-bond donors (Lipinski definition) is 0. The molecule has 18 heavy (non-hydrogen) atoms. The molecule has 0 N–H and O–H groups in total. The van der Waals surface area contributed by atoms with Crippen molar-refractivity contribution >= 4 is 21.7 Å². The lowest BCUT2D eigenvalue weighted by atomic mass is 10.0. The summed E-state index contributed by atoms with van der Waals surface area (Å²) in [6, 6.07) is 8.28. The highest BCUT2D eigenvalue weighted by Gasteiger charge is 2.11. The van der Waals surface area contributed by atoms with Crippen molar-refractivity contribution in [2.45, 2.75) is 6.92 Å². The summed E-state index contributed by atoms with van der Waals surface area (Å²) in [6.07, 6.45) is 0. The van der Waals surface area contributed by atoms with E-state index in [0.29, 0.717) is 21.2 Å². The van der Waals surface area contributed by atoms with Crippen LogP contribution in [0.1, 0.15) is 17.3 Å². The summed E-state index contributed by atoms with van der Waals surface area (Å²) in [6.45, 7) is 1.38. The SMILES string of the molecule is CC(=O)c1ccc(-c2ccc(F)cc2Br)c(F)c1. The fourth-order valence-electron chi connectivity index (χ4n) is 1.66. The van der Waals surface area contributed by atoms with Gasteiger partial charge in [-0.3, -0.25) is 4.79 Å². The van der Waals surface area contributed by atoms with Crippen LogP contribution in [0.3, 0.4) is 0 Å². The van der Waals surface area contributed by atoms with Crippen molar-refractivity contribution in [3.05, 3.63) is 58.1 Å². The Labute approximate surface area is 112 Å². The Morgan fingerprint density at radius 3 is 2.28 bits per heavy atom. The first kappa shape index (κ1) is 12.9. The first-order valence-corrected chi connectivity index (χ1v) is 6.04. The van der Waals surface area contributed by atoms with Crippen LogP contribution in [0.25, 0.3) is 11.1 Å². The van der Waals surface area contributed by atoms with E-state index in [0.717, 1.165) is 0 Å². The van der Waals surface area contributed by atoms with Crippen LogP contribution in [0.4, 0.5) is 8.78 Å². The van der Waals surface area contributed by atoms with Crippen LogP contribution in [-0.2, 0) is 0 Å². The van der Waals surface area contributed by atoms with Crippen LogP contribution in [0.15, 0.2) is 40.9 Å². The molecule has 92 valence electrons. The second kappa shape index (κ2) is 4.98. The van der Waals surface area contributed by atoms with Gasteiger partial charge in [0.25, 0.3) is 0 Å². The minimum Gasteiger partial charge on any atom is -0.295 e. The first-order valence-electron chi connectivity index (χ1n) is 5.25. The number of rotatable bonds is 2. The molecule has 0 amide bonds. The maximum atomic E-state index is 13.9. The van der Waals surface area contributed by atoms with Crippen molar-refractivity contribution in [3.8, 4) is 11.1 Å². The van der Waals surface area contributed by atoms with Gasteiger partial charge in [-0.15, -0.1) is 0 Å². The molecule has 4 heteroatoms. The van der Waals surface area contributed by atoms with Gasteiger partial charge in [0.2, 0.25) is 0 Å². The third-order valence-corrected chi connectivity index (χ3v) is 3.25. The third-order valence-electron chi connectivity index (χ3n) is 2.60. The van der Waals surface area contributed by atoms with Gasteiger partial charge in [0, 0.05) is 15.6 Å². The zero-order valence-electron chi connectivity index (χ0n) is 9.51. The van der Waals surface area contributed by atoms with Gasteiger partial charge in [0.1, 0.15) is 11.6 Å². The summed E-state index contributed by atoms with van der Waals surface area (Å²) >= 11 is 3.19. The molecule has 0 heterocycles. The van der Waals surface area contributed by atoms with Crippen molar-refractivity contribution in [3.63, 3.8) is 0 Å². The van der Waals surface area contributed by atoms with Crippen LogP contribution in [-0.4, -0.2) is 5.78 Å². The van der Waals surface area contributed by atoms with Gasteiger partial charge < -0.3 is 0 Å². The zero-order valence-corrected chi connectivity index (χ0v) is 11.1. The fourth-order valence-corrected chi connectivity index (χ4v) is 2.22. The minimum atomic E-state index is -0.505. The normalized spacial score (nSPS) is 10.4. The lowest BCUT2D eigenvalue weighted by molar-refractivity contribution is 0.101. The molecule has 0 fully saturated rings. The number of hydrogen-bond acceptors (Lipinski definition) is 1. The van der Waals surface area contributed by atoms with E-state index in [1.54, 1.807) is 6.07 Å². The maximum Gasteiger partial charge on any atom is 0.159 e.